The summed E-state index contributed by atoms with van der Waals surface area (Å²) in [6, 6.07) is 13.3. The first-order valence-electron chi connectivity index (χ1n) is 11.0. The number of pyridine rings is 3. The van der Waals surface area contributed by atoms with Gasteiger partial charge in [-0.25, -0.2) is 27.5 Å². The Labute approximate surface area is 215 Å². The summed E-state index contributed by atoms with van der Waals surface area (Å²) in [5.41, 5.74) is 0.894. The Hall–Kier alpha value is -4.09. The molecule has 4 heterocycles. The van der Waals surface area contributed by atoms with Crippen LogP contribution in [0.25, 0.3) is 33.1 Å². The van der Waals surface area contributed by atoms with Crippen molar-refractivity contribution in [3.63, 3.8) is 0 Å². The van der Waals surface area contributed by atoms with Crippen LogP contribution in [0.4, 0.5) is 4.39 Å². The predicted octanol–water partition coefficient (Wildman–Crippen LogP) is 3.78. The minimum atomic E-state index is -3.99. The summed E-state index contributed by atoms with van der Waals surface area (Å²) >= 11 is 6.48. The summed E-state index contributed by atoms with van der Waals surface area (Å²) in [5, 5.41) is 0.926. The van der Waals surface area contributed by atoms with E-state index in [0.29, 0.717) is 11.1 Å². The third-order valence-electron chi connectivity index (χ3n) is 5.82. The first kappa shape index (κ1) is 24.6. The van der Waals surface area contributed by atoms with Crippen LogP contribution in [0.5, 0.6) is 0 Å². The van der Waals surface area contributed by atoms with Crippen molar-refractivity contribution in [2.75, 3.05) is 6.26 Å². The van der Waals surface area contributed by atoms with E-state index in [0.717, 1.165) is 11.6 Å². The lowest BCUT2D eigenvalue weighted by molar-refractivity contribution is 0.0974. The van der Waals surface area contributed by atoms with Gasteiger partial charge in [-0.05, 0) is 31.2 Å². The molecule has 0 atom stereocenters. The van der Waals surface area contributed by atoms with E-state index < -0.39 is 27.3 Å². The first-order valence-corrected chi connectivity index (χ1v) is 13.2. The van der Waals surface area contributed by atoms with Crippen LogP contribution < -0.4 is 10.3 Å². The molecule has 0 unspecified atom stereocenters. The number of halogens is 2. The molecular formula is C25H19ClFN5O4S. The molecule has 9 nitrogen and oxygen atoms in total. The number of nitrogens with zero attached hydrogens (tertiary/aromatic N) is 3. The van der Waals surface area contributed by atoms with Gasteiger partial charge in [-0.15, -0.1) is 0 Å². The molecule has 0 radical (unpaired) electrons. The normalized spacial score (nSPS) is 11.8. The van der Waals surface area contributed by atoms with E-state index in [1.807, 2.05) is 22.9 Å². The molecule has 5 rings (SSSR count). The number of benzene rings is 1. The minimum Gasteiger partial charge on any atom is -0.330 e. The second kappa shape index (κ2) is 9.09. The summed E-state index contributed by atoms with van der Waals surface area (Å²) < 4.78 is 42.1. The zero-order valence-corrected chi connectivity index (χ0v) is 21.1. The zero-order chi connectivity index (χ0) is 26.5. The predicted molar refractivity (Wildman–Crippen MR) is 139 cm³/mol. The van der Waals surface area contributed by atoms with Gasteiger partial charge in [-0.1, -0.05) is 29.8 Å². The number of aromatic nitrogens is 4. The standard InChI is InChI=1S/C25H19ClFN5O4S/c1-13-17(27)11-19-21(29-13)20(16-7-5-9-28-24(16)33)22(25(34)31-37(2,35)36)32(19)12-15-10-14-6-3-4-8-18(14)30-23(15)26/h3-11H,12H2,1-2H3,(H,28,33)(H,31,34). The van der Waals surface area contributed by atoms with Crippen molar-refractivity contribution in [2.24, 2.45) is 0 Å². The average Bonchev–Trinajstić information content (AvgIpc) is 3.12. The van der Waals surface area contributed by atoms with Gasteiger partial charge in [0.05, 0.1) is 40.6 Å². The summed E-state index contributed by atoms with van der Waals surface area (Å²) in [4.78, 5) is 37.5. The van der Waals surface area contributed by atoms with E-state index in [-0.39, 0.29) is 45.2 Å². The summed E-state index contributed by atoms with van der Waals surface area (Å²) in [6.07, 6.45) is 2.25. The Kier molecular flexibility index (Phi) is 6.04. The van der Waals surface area contributed by atoms with Crippen molar-refractivity contribution >= 4 is 49.5 Å². The fourth-order valence-corrected chi connectivity index (χ4v) is 4.88. The molecule has 0 bridgehead atoms. The quantitative estimate of drug-likeness (QED) is 0.327. The van der Waals surface area contributed by atoms with Crippen LogP contribution in [0.2, 0.25) is 5.15 Å². The number of aromatic amines is 1. The van der Waals surface area contributed by atoms with E-state index >= 15 is 0 Å². The highest BCUT2D eigenvalue weighted by Gasteiger charge is 2.29. The molecule has 1 amide bonds. The van der Waals surface area contributed by atoms with Crippen molar-refractivity contribution in [3.8, 4) is 11.1 Å². The van der Waals surface area contributed by atoms with E-state index in [4.69, 9.17) is 11.6 Å². The monoisotopic (exact) mass is 539 g/mol. The molecule has 0 aliphatic rings. The van der Waals surface area contributed by atoms with Gasteiger partial charge in [-0.3, -0.25) is 9.59 Å². The van der Waals surface area contributed by atoms with Crippen LogP contribution in [0, 0.1) is 12.7 Å². The molecule has 37 heavy (non-hydrogen) atoms. The van der Waals surface area contributed by atoms with Gasteiger partial charge in [0.15, 0.2) is 0 Å². The van der Waals surface area contributed by atoms with Crippen LogP contribution in [0.3, 0.4) is 0 Å². The Bertz CT molecular complexity index is 1900. The molecule has 1 aromatic carbocycles. The Morgan fingerprint density at radius 3 is 2.65 bits per heavy atom. The number of rotatable bonds is 5. The van der Waals surface area contributed by atoms with E-state index in [9.17, 15) is 22.4 Å². The van der Waals surface area contributed by atoms with Gasteiger partial charge in [-0.2, -0.15) is 0 Å². The van der Waals surface area contributed by atoms with Crippen molar-refractivity contribution in [3.05, 3.63) is 93.0 Å². The third-order valence-corrected chi connectivity index (χ3v) is 6.71. The largest absolute Gasteiger partial charge is 0.330 e. The van der Waals surface area contributed by atoms with E-state index in [1.165, 1.54) is 29.8 Å². The molecular weight excluding hydrogens is 521 g/mol. The number of amides is 1. The van der Waals surface area contributed by atoms with E-state index in [2.05, 4.69) is 15.0 Å². The molecule has 12 heteroatoms. The molecule has 0 aliphatic heterocycles. The zero-order valence-electron chi connectivity index (χ0n) is 19.5. The molecule has 0 spiro atoms. The smallest absolute Gasteiger partial charge is 0.282 e. The lowest BCUT2D eigenvalue weighted by Crippen LogP contribution is -2.32. The van der Waals surface area contributed by atoms with Gasteiger partial charge >= 0.3 is 0 Å². The number of nitrogens with one attached hydrogen (secondary N) is 2. The second-order valence-electron chi connectivity index (χ2n) is 8.48. The number of carbonyl (C=O) groups is 1. The van der Waals surface area contributed by atoms with Gasteiger partial charge in [0.25, 0.3) is 11.5 Å². The lowest BCUT2D eigenvalue weighted by atomic mass is 10.1. The van der Waals surface area contributed by atoms with Crippen LogP contribution in [-0.4, -0.2) is 40.1 Å². The molecule has 4 aromatic heterocycles. The molecule has 0 saturated carbocycles. The second-order valence-corrected chi connectivity index (χ2v) is 10.6. The van der Waals surface area contributed by atoms with Gasteiger partial charge in [0.2, 0.25) is 10.0 Å². The Balaban J connectivity index is 1.87. The molecule has 0 fully saturated rings. The van der Waals surface area contributed by atoms with Crippen LogP contribution >= 0.6 is 11.6 Å². The number of fused-ring (bicyclic) bond motifs is 2. The SMILES string of the molecule is Cc1nc2c(-c3ccc[nH]c3=O)c(C(=O)NS(C)(=O)=O)n(Cc3cc4ccccc4nc3Cl)c2cc1F. The van der Waals surface area contributed by atoms with E-state index in [1.54, 1.807) is 18.2 Å². The van der Waals surface area contributed by atoms with Gasteiger partial charge in [0.1, 0.15) is 16.7 Å². The lowest BCUT2D eigenvalue weighted by Gasteiger charge is -2.13. The van der Waals surface area contributed by atoms with Gasteiger partial charge in [0, 0.05) is 28.8 Å². The van der Waals surface area contributed by atoms with Crippen molar-refractivity contribution in [1.82, 2.24) is 24.2 Å². The molecule has 0 saturated heterocycles. The highest BCUT2D eigenvalue weighted by Crippen LogP contribution is 2.35. The maximum Gasteiger partial charge on any atom is 0.282 e. The Morgan fingerprint density at radius 2 is 1.92 bits per heavy atom. The van der Waals surface area contributed by atoms with Crippen LogP contribution in [0.15, 0.2) is 59.5 Å². The molecule has 188 valence electrons. The summed E-state index contributed by atoms with van der Waals surface area (Å²) in [6.45, 7) is 1.36. The fraction of sp³-hybridized carbons (Fsp3) is 0.120. The number of para-hydroxylation sites is 1. The number of aryl methyl sites for hydroxylation is 1. The average molecular weight is 540 g/mol. The highest BCUT2D eigenvalue weighted by atomic mass is 35.5. The maximum atomic E-state index is 14.8. The van der Waals surface area contributed by atoms with Crippen molar-refractivity contribution in [2.45, 2.75) is 13.5 Å². The number of carbonyl (C=O) groups excluding carboxylic acids is 1. The van der Waals surface area contributed by atoms with Crippen molar-refractivity contribution in [1.29, 1.82) is 0 Å². The molecule has 5 aromatic rings. The number of sulfonamides is 1. The fourth-order valence-electron chi connectivity index (χ4n) is 4.24. The minimum absolute atomic E-state index is 0.0405. The van der Waals surface area contributed by atoms with Crippen molar-refractivity contribution < 1.29 is 17.6 Å². The molecule has 0 aliphatic carbocycles. The molecule has 2 N–H and O–H groups in total. The maximum absolute atomic E-state index is 14.8. The summed E-state index contributed by atoms with van der Waals surface area (Å²) in [7, 11) is -3.99. The number of H-pyrrole nitrogens is 1. The van der Waals surface area contributed by atoms with Gasteiger partial charge < -0.3 is 9.55 Å². The van der Waals surface area contributed by atoms with Crippen LogP contribution in [0.1, 0.15) is 21.7 Å². The number of hydrogen-bond acceptors (Lipinski definition) is 6. The first-order chi connectivity index (χ1) is 17.5. The third kappa shape index (κ3) is 4.58. The van der Waals surface area contributed by atoms with Crippen LogP contribution in [-0.2, 0) is 16.6 Å². The number of hydrogen-bond donors (Lipinski definition) is 2. The summed E-state index contributed by atoms with van der Waals surface area (Å²) in [5.74, 6) is -1.65. The topological polar surface area (TPSA) is 127 Å². The highest BCUT2D eigenvalue weighted by molar-refractivity contribution is 7.89. The Morgan fingerprint density at radius 1 is 1.16 bits per heavy atom.